The molecular formula is C19H13FN4O. The molecule has 1 amide bonds. The Hall–Kier alpha value is -3.72. The van der Waals surface area contributed by atoms with E-state index in [2.05, 4.69) is 21.7 Å². The lowest BCUT2D eigenvalue weighted by molar-refractivity contribution is 0.102. The van der Waals surface area contributed by atoms with Gasteiger partial charge in [-0.2, -0.15) is 5.26 Å². The van der Waals surface area contributed by atoms with E-state index in [-0.39, 0.29) is 5.69 Å². The minimum Gasteiger partial charge on any atom is -0.354 e. The topological polar surface area (TPSA) is 77.8 Å². The van der Waals surface area contributed by atoms with Crippen LogP contribution in [-0.4, -0.2) is 10.9 Å². The van der Waals surface area contributed by atoms with Gasteiger partial charge in [0.05, 0.1) is 11.3 Å². The summed E-state index contributed by atoms with van der Waals surface area (Å²) < 4.78 is 13.2. The molecule has 0 aliphatic carbocycles. The van der Waals surface area contributed by atoms with E-state index in [4.69, 9.17) is 5.26 Å². The van der Waals surface area contributed by atoms with Gasteiger partial charge in [0.25, 0.3) is 5.91 Å². The lowest BCUT2D eigenvalue weighted by atomic mass is 10.2. The smallest absolute Gasteiger partial charge is 0.274 e. The first-order valence-electron chi connectivity index (χ1n) is 7.45. The first kappa shape index (κ1) is 16.1. The lowest BCUT2D eigenvalue weighted by Gasteiger charge is -2.09. The van der Waals surface area contributed by atoms with E-state index in [0.717, 1.165) is 0 Å². The van der Waals surface area contributed by atoms with Crippen LogP contribution in [0.2, 0.25) is 0 Å². The first-order chi connectivity index (χ1) is 12.2. The van der Waals surface area contributed by atoms with Crippen LogP contribution in [0.3, 0.4) is 0 Å². The van der Waals surface area contributed by atoms with Crippen molar-refractivity contribution >= 4 is 23.0 Å². The molecule has 0 spiro atoms. The highest BCUT2D eigenvalue weighted by Crippen LogP contribution is 2.20. The van der Waals surface area contributed by atoms with Gasteiger partial charge in [-0.25, -0.2) is 4.39 Å². The highest BCUT2D eigenvalue weighted by atomic mass is 19.1. The Balaban J connectivity index is 1.79. The summed E-state index contributed by atoms with van der Waals surface area (Å²) in [6, 6.07) is 18.0. The number of hydrogen-bond acceptors (Lipinski definition) is 4. The van der Waals surface area contributed by atoms with Gasteiger partial charge in [0, 0.05) is 17.6 Å². The first-order valence-corrected chi connectivity index (χ1v) is 7.45. The highest BCUT2D eigenvalue weighted by molar-refractivity contribution is 6.03. The Kier molecular flexibility index (Phi) is 4.67. The van der Waals surface area contributed by atoms with Crippen LogP contribution in [0.5, 0.6) is 0 Å². The fourth-order valence-corrected chi connectivity index (χ4v) is 2.24. The second-order valence-electron chi connectivity index (χ2n) is 5.18. The van der Waals surface area contributed by atoms with Gasteiger partial charge in [-0.1, -0.05) is 18.2 Å². The maximum Gasteiger partial charge on any atom is 0.274 e. The van der Waals surface area contributed by atoms with Crippen molar-refractivity contribution in [1.82, 2.24) is 4.98 Å². The van der Waals surface area contributed by atoms with Gasteiger partial charge in [0.2, 0.25) is 0 Å². The van der Waals surface area contributed by atoms with Crippen molar-refractivity contribution in [1.29, 1.82) is 5.26 Å². The summed E-state index contributed by atoms with van der Waals surface area (Å²) in [5.41, 5.74) is 2.25. The summed E-state index contributed by atoms with van der Waals surface area (Å²) in [6.45, 7) is 0. The molecular weight excluding hydrogens is 319 g/mol. The third kappa shape index (κ3) is 3.98. The standard InChI is InChI=1S/C19H13FN4O/c20-14-5-3-6-15(10-14)24-19(25)18-11-16(8-9-22-18)23-17-7-2-1-4-13(17)12-21/h1-11H,(H,22,23)(H,24,25). The fourth-order valence-electron chi connectivity index (χ4n) is 2.24. The molecule has 1 aromatic heterocycles. The Morgan fingerprint density at radius 2 is 1.88 bits per heavy atom. The van der Waals surface area contributed by atoms with Gasteiger partial charge in [-0.15, -0.1) is 0 Å². The number of pyridine rings is 1. The van der Waals surface area contributed by atoms with Gasteiger partial charge in [-0.05, 0) is 42.5 Å². The minimum atomic E-state index is -0.456. The van der Waals surface area contributed by atoms with E-state index < -0.39 is 11.7 Å². The number of hydrogen-bond donors (Lipinski definition) is 2. The summed E-state index contributed by atoms with van der Waals surface area (Å²) in [5.74, 6) is -0.892. The van der Waals surface area contributed by atoms with Crippen molar-refractivity contribution in [3.05, 3.63) is 83.9 Å². The number of benzene rings is 2. The molecule has 2 aromatic carbocycles. The summed E-state index contributed by atoms with van der Waals surface area (Å²) in [7, 11) is 0. The number of para-hydroxylation sites is 1. The minimum absolute atomic E-state index is 0.170. The molecule has 5 nitrogen and oxygen atoms in total. The largest absolute Gasteiger partial charge is 0.354 e. The molecule has 3 rings (SSSR count). The Bertz CT molecular complexity index is 965. The zero-order valence-corrected chi connectivity index (χ0v) is 13.0. The van der Waals surface area contributed by atoms with Gasteiger partial charge >= 0.3 is 0 Å². The maximum absolute atomic E-state index is 13.2. The van der Waals surface area contributed by atoms with E-state index in [0.29, 0.717) is 22.6 Å². The van der Waals surface area contributed by atoms with Crippen LogP contribution in [0.25, 0.3) is 0 Å². The average molecular weight is 332 g/mol. The number of nitrogens with one attached hydrogen (secondary N) is 2. The molecule has 0 saturated heterocycles. The van der Waals surface area contributed by atoms with Crippen molar-refractivity contribution in [2.75, 3.05) is 10.6 Å². The van der Waals surface area contributed by atoms with Gasteiger partial charge in [0.1, 0.15) is 17.6 Å². The second kappa shape index (κ2) is 7.23. The van der Waals surface area contributed by atoms with Gasteiger partial charge in [0.15, 0.2) is 0 Å². The number of carbonyl (C=O) groups excluding carboxylic acids is 1. The van der Waals surface area contributed by atoms with Crippen LogP contribution in [0.15, 0.2) is 66.9 Å². The van der Waals surface area contributed by atoms with E-state index in [1.165, 1.54) is 24.4 Å². The van der Waals surface area contributed by atoms with Gasteiger partial charge < -0.3 is 10.6 Å². The number of anilines is 3. The normalized spacial score (nSPS) is 9.92. The third-order valence-corrected chi connectivity index (χ3v) is 3.40. The van der Waals surface area contributed by atoms with Crippen LogP contribution in [0.1, 0.15) is 16.1 Å². The molecule has 1 heterocycles. The van der Waals surface area contributed by atoms with Crippen LogP contribution in [0, 0.1) is 17.1 Å². The number of nitriles is 1. The molecule has 0 bridgehead atoms. The lowest BCUT2D eigenvalue weighted by Crippen LogP contribution is -2.14. The molecule has 0 aliphatic rings. The number of nitrogens with zero attached hydrogens (tertiary/aromatic N) is 2. The molecule has 2 N–H and O–H groups in total. The molecule has 0 unspecified atom stereocenters. The molecule has 0 radical (unpaired) electrons. The second-order valence-corrected chi connectivity index (χ2v) is 5.18. The zero-order chi connectivity index (χ0) is 17.6. The fraction of sp³-hybridized carbons (Fsp3) is 0. The van der Waals surface area contributed by atoms with Crippen LogP contribution < -0.4 is 10.6 Å². The van der Waals surface area contributed by atoms with E-state index >= 15 is 0 Å². The summed E-state index contributed by atoms with van der Waals surface area (Å²) in [4.78, 5) is 16.3. The Labute approximate surface area is 143 Å². The van der Waals surface area contributed by atoms with Crippen LogP contribution >= 0.6 is 0 Å². The Morgan fingerprint density at radius 3 is 2.68 bits per heavy atom. The van der Waals surface area contributed by atoms with Crippen molar-refractivity contribution < 1.29 is 9.18 Å². The molecule has 3 aromatic rings. The van der Waals surface area contributed by atoms with Crippen molar-refractivity contribution in [2.24, 2.45) is 0 Å². The molecule has 0 atom stereocenters. The van der Waals surface area contributed by atoms with Gasteiger partial charge in [-0.3, -0.25) is 9.78 Å². The number of amides is 1. The summed E-state index contributed by atoms with van der Waals surface area (Å²) in [6.07, 6.45) is 1.48. The third-order valence-electron chi connectivity index (χ3n) is 3.40. The highest BCUT2D eigenvalue weighted by Gasteiger charge is 2.10. The number of aromatic nitrogens is 1. The number of rotatable bonds is 4. The number of halogens is 1. The maximum atomic E-state index is 13.2. The molecule has 0 fully saturated rings. The molecule has 122 valence electrons. The van der Waals surface area contributed by atoms with E-state index in [1.807, 2.05) is 6.07 Å². The van der Waals surface area contributed by atoms with Crippen molar-refractivity contribution in [3.8, 4) is 6.07 Å². The van der Waals surface area contributed by atoms with Crippen molar-refractivity contribution in [2.45, 2.75) is 0 Å². The quantitative estimate of drug-likeness (QED) is 0.754. The Morgan fingerprint density at radius 1 is 1.04 bits per heavy atom. The van der Waals surface area contributed by atoms with Crippen LogP contribution in [-0.2, 0) is 0 Å². The van der Waals surface area contributed by atoms with Crippen molar-refractivity contribution in [3.63, 3.8) is 0 Å². The monoisotopic (exact) mass is 332 g/mol. The predicted molar refractivity (Wildman–Crippen MR) is 93.0 cm³/mol. The van der Waals surface area contributed by atoms with E-state index in [1.54, 1.807) is 36.4 Å². The van der Waals surface area contributed by atoms with E-state index in [9.17, 15) is 9.18 Å². The molecule has 0 aliphatic heterocycles. The number of carbonyl (C=O) groups is 1. The molecule has 6 heteroatoms. The average Bonchev–Trinajstić information content (AvgIpc) is 2.62. The summed E-state index contributed by atoms with van der Waals surface area (Å²) in [5, 5.41) is 14.8. The summed E-state index contributed by atoms with van der Waals surface area (Å²) >= 11 is 0. The molecule has 25 heavy (non-hydrogen) atoms. The van der Waals surface area contributed by atoms with Crippen LogP contribution in [0.4, 0.5) is 21.5 Å². The SMILES string of the molecule is N#Cc1ccccc1Nc1ccnc(C(=O)Nc2cccc(F)c2)c1. The zero-order valence-electron chi connectivity index (χ0n) is 13.0. The molecule has 0 saturated carbocycles. The predicted octanol–water partition coefficient (Wildman–Crippen LogP) is 4.09.